The Hall–Kier alpha value is -0.970. The maximum Gasteiger partial charge on any atom is 0.0589 e. The molecule has 0 aliphatic heterocycles. The van der Waals surface area contributed by atoms with Crippen molar-refractivity contribution in [3.05, 3.63) is 29.6 Å². The molecule has 4 nitrogen and oxygen atoms in total. The van der Waals surface area contributed by atoms with Gasteiger partial charge in [-0.3, -0.25) is 9.88 Å². The zero-order chi connectivity index (χ0) is 11.8. The Balaban J connectivity index is 2.62. The molecule has 0 aliphatic carbocycles. The third kappa shape index (κ3) is 3.89. The second-order valence-electron chi connectivity index (χ2n) is 3.67. The monoisotopic (exact) mass is 223 g/mol. The van der Waals surface area contributed by atoms with Crippen LogP contribution in [0, 0.1) is 0 Å². The molecule has 1 heterocycles. The second-order valence-corrected chi connectivity index (χ2v) is 3.67. The molecular weight excluding hydrogens is 202 g/mol. The van der Waals surface area contributed by atoms with Crippen molar-refractivity contribution in [1.82, 2.24) is 9.88 Å². The fraction of sp³-hybridized carbons (Fsp3) is 0.583. The van der Waals surface area contributed by atoms with Crippen molar-refractivity contribution >= 4 is 0 Å². The Morgan fingerprint density at radius 3 is 2.94 bits per heavy atom. The molecule has 0 bridgehead atoms. The van der Waals surface area contributed by atoms with Crippen molar-refractivity contribution < 1.29 is 4.74 Å². The van der Waals surface area contributed by atoms with E-state index in [1.165, 1.54) is 5.56 Å². The van der Waals surface area contributed by atoms with Crippen molar-refractivity contribution in [2.45, 2.75) is 20.0 Å². The average Bonchev–Trinajstić information content (AvgIpc) is 2.34. The first-order chi connectivity index (χ1) is 7.81. The van der Waals surface area contributed by atoms with Crippen LogP contribution in [0.2, 0.25) is 0 Å². The van der Waals surface area contributed by atoms with Gasteiger partial charge in [-0.2, -0.15) is 0 Å². The molecule has 0 aromatic carbocycles. The Kier molecular flexibility index (Phi) is 6.00. The largest absolute Gasteiger partial charge is 0.383 e. The van der Waals surface area contributed by atoms with Gasteiger partial charge in [0.25, 0.3) is 0 Å². The first kappa shape index (κ1) is 13.1. The van der Waals surface area contributed by atoms with Crippen molar-refractivity contribution in [3.63, 3.8) is 0 Å². The molecule has 4 heteroatoms. The molecule has 0 saturated carbocycles. The van der Waals surface area contributed by atoms with Crippen molar-refractivity contribution in [3.8, 4) is 0 Å². The van der Waals surface area contributed by atoms with Crippen LogP contribution in [-0.4, -0.2) is 36.7 Å². The van der Waals surface area contributed by atoms with E-state index in [9.17, 15) is 0 Å². The van der Waals surface area contributed by atoms with Gasteiger partial charge in [0.2, 0.25) is 0 Å². The van der Waals surface area contributed by atoms with E-state index in [2.05, 4.69) is 22.9 Å². The summed E-state index contributed by atoms with van der Waals surface area (Å²) in [5.74, 6) is 0. The average molecular weight is 223 g/mol. The molecule has 1 aromatic heterocycles. The molecule has 0 saturated heterocycles. The number of ether oxygens (including phenoxy) is 1. The van der Waals surface area contributed by atoms with Crippen LogP contribution in [0.25, 0.3) is 0 Å². The molecule has 16 heavy (non-hydrogen) atoms. The highest BCUT2D eigenvalue weighted by atomic mass is 16.5. The van der Waals surface area contributed by atoms with E-state index in [1.807, 2.05) is 6.07 Å². The molecule has 0 radical (unpaired) electrons. The van der Waals surface area contributed by atoms with E-state index >= 15 is 0 Å². The van der Waals surface area contributed by atoms with Gasteiger partial charge >= 0.3 is 0 Å². The smallest absolute Gasteiger partial charge is 0.0589 e. The normalized spacial score (nSPS) is 11.0. The van der Waals surface area contributed by atoms with Gasteiger partial charge in [-0.1, -0.05) is 13.0 Å². The minimum Gasteiger partial charge on any atom is -0.383 e. The minimum absolute atomic E-state index is 0.498. The van der Waals surface area contributed by atoms with Gasteiger partial charge in [0.1, 0.15) is 0 Å². The van der Waals surface area contributed by atoms with Gasteiger partial charge in [0.05, 0.1) is 12.3 Å². The quantitative estimate of drug-likeness (QED) is 0.749. The summed E-state index contributed by atoms with van der Waals surface area (Å²) in [4.78, 5) is 6.60. The molecule has 90 valence electrons. The SMILES string of the molecule is CCN(CCOC)Cc1cccnc1CN. The van der Waals surface area contributed by atoms with E-state index in [-0.39, 0.29) is 0 Å². The predicted octanol–water partition coefficient (Wildman–Crippen LogP) is 1.01. The number of aromatic nitrogens is 1. The molecular formula is C12H21N3O. The van der Waals surface area contributed by atoms with Gasteiger partial charge in [-0.05, 0) is 18.2 Å². The van der Waals surface area contributed by atoms with Gasteiger partial charge in [-0.25, -0.2) is 0 Å². The minimum atomic E-state index is 0.498. The van der Waals surface area contributed by atoms with E-state index in [0.717, 1.165) is 31.9 Å². The number of likely N-dealkylation sites (N-methyl/N-ethyl adjacent to an activating group) is 1. The van der Waals surface area contributed by atoms with E-state index in [0.29, 0.717) is 6.54 Å². The van der Waals surface area contributed by atoms with Crippen LogP contribution in [0.15, 0.2) is 18.3 Å². The maximum atomic E-state index is 5.66. The number of rotatable bonds is 7. The highest BCUT2D eigenvalue weighted by molar-refractivity contribution is 5.19. The second kappa shape index (κ2) is 7.33. The topological polar surface area (TPSA) is 51.4 Å². The Bertz CT molecular complexity index is 304. The number of nitrogens with zero attached hydrogens (tertiary/aromatic N) is 2. The van der Waals surface area contributed by atoms with Crippen LogP contribution in [0.3, 0.4) is 0 Å². The molecule has 0 amide bonds. The molecule has 1 rings (SSSR count). The number of nitrogens with two attached hydrogens (primary N) is 1. The van der Waals surface area contributed by atoms with Gasteiger partial charge < -0.3 is 10.5 Å². The van der Waals surface area contributed by atoms with E-state index in [1.54, 1.807) is 13.3 Å². The van der Waals surface area contributed by atoms with Crippen molar-refractivity contribution in [1.29, 1.82) is 0 Å². The summed E-state index contributed by atoms with van der Waals surface area (Å²) in [6.45, 7) is 6.23. The molecule has 0 aliphatic rings. The molecule has 1 aromatic rings. The third-order valence-electron chi connectivity index (χ3n) is 2.63. The summed E-state index contributed by atoms with van der Waals surface area (Å²) >= 11 is 0. The fourth-order valence-corrected chi connectivity index (χ4v) is 1.61. The fourth-order valence-electron chi connectivity index (χ4n) is 1.61. The van der Waals surface area contributed by atoms with Crippen LogP contribution >= 0.6 is 0 Å². The number of pyridine rings is 1. The molecule has 0 unspecified atom stereocenters. The Labute approximate surface area is 97.4 Å². The van der Waals surface area contributed by atoms with Crippen molar-refractivity contribution in [2.24, 2.45) is 5.73 Å². The zero-order valence-corrected chi connectivity index (χ0v) is 10.1. The van der Waals surface area contributed by atoms with E-state index in [4.69, 9.17) is 10.5 Å². The lowest BCUT2D eigenvalue weighted by Gasteiger charge is -2.20. The summed E-state index contributed by atoms with van der Waals surface area (Å²) < 4.78 is 5.09. The lowest BCUT2D eigenvalue weighted by Crippen LogP contribution is -2.27. The summed E-state index contributed by atoms with van der Waals surface area (Å²) in [6.07, 6.45) is 1.79. The van der Waals surface area contributed by atoms with E-state index < -0.39 is 0 Å². The van der Waals surface area contributed by atoms with Crippen LogP contribution in [0.1, 0.15) is 18.2 Å². The standard InChI is InChI=1S/C12H21N3O/c1-3-15(7-8-16-2)10-11-5-4-6-14-12(11)9-13/h4-6H,3,7-10,13H2,1-2H3. The summed E-state index contributed by atoms with van der Waals surface area (Å²) in [5.41, 5.74) is 7.86. The highest BCUT2D eigenvalue weighted by Gasteiger charge is 2.07. The molecule has 0 atom stereocenters. The number of hydrogen-bond acceptors (Lipinski definition) is 4. The molecule has 0 spiro atoms. The number of methoxy groups -OCH3 is 1. The first-order valence-corrected chi connectivity index (χ1v) is 5.66. The lowest BCUT2D eigenvalue weighted by molar-refractivity contribution is 0.147. The lowest BCUT2D eigenvalue weighted by atomic mass is 10.2. The van der Waals surface area contributed by atoms with Gasteiger partial charge in [0.15, 0.2) is 0 Å². The van der Waals surface area contributed by atoms with Crippen molar-refractivity contribution in [2.75, 3.05) is 26.8 Å². The Morgan fingerprint density at radius 2 is 2.31 bits per heavy atom. The predicted molar refractivity (Wildman–Crippen MR) is 65.0 cm³/mol. The van der Waals surface area contributed by atoms with Crippen LogP contribution < -0.4 is 5.73 Å². The highest BCUT2D eigenvalue weighted by Crippen LogP contribution is 2.08. The first-order valence-electron chi connectivity index (χ1n) is 5.66. The summed E-state index contributed by atoms with van der Waals surface area (Å²) in [6, 6.07) is 4.04. The molecule has 0 fully saturated rings. The Morgan fingerprint density at radius 1 is 1.50 bits per heavy atom. The summed E-state index contributed by atoms with van der Waals surface area (Å²) in [7, 11) is 1.73. The molecule has 2 N–H and O–H groups in total. The van der Waals surface area contributed by atoms with Crippen LogP contribution in [-0.2, 0) is 17.8 Å². The number of hydrogen-bond donors (Lipinski definition) is 1. The van der Waals surface area contributed by atoms with Crippen LogP contribution in [0.5, 0.6) is 0 Å². The zero-order valence-electron chi connectivity index (χ0n) is 10.1. The van der Waals surface area contributed by atoms with Gasteiger partial charge in [-0.15, -0.1) is 0 Å². The maximum absolute atomic E-state index is 5.66. The van der Waals surface area contributed by atoms with Gasteiger partial charge in [0, 0.05) is 32.9 Å². The third-order valence-corrected chi connectivity index (χ3v) is 2.63. The van der Waals surface area contributed by atoms with Crippen LogP contribution in [0.4, 0.5) is 0 Å². The summed E-state index contributed by atoms with van der Waals surface area (Å²) in [5, 5.41) is 0.